The normalized spacial score (nSPS) is 23.4. The van der Waals surface area contributed by atoms with Crippen LogP contribution in [0.4, 0.5) is 0 Å². The predicted molar refractivity (Wildman–Crippen MR) is 122 cm³/mol. The van der Waals surface area contributed by atoms with E-state index in [-0.39, 0.29) is 18.7 Å². The Morgan fingerprint density at radius 1 is 0.971 bits per heavy atom. The molecule has 0 bridgehead atoms. The zero-order valence-electron chi connectivity index (χ0n) is 19.3. The van der Waals surface area contributed by atoms with Gasteiger partial charge in [-0.15, -0.1) is 10.2 Å². The maximum absolute atomic E-state index is 13.3. The number of amides is 4. The molecule has 2 fully saturated rings. The Morgan fingerprint density at radius 3 is 2.60 bits per heavy atom. The zero-order valence-corrected chi connectivity index (χ0v) is 19.3. The Balaban J connectivity index is 1.16. The van der Waals surface area contributed by atoms with E-state index in [1.807, 2.05) is 6.07 Å². The number of hydrogen-bond donors (Lipinski definition) is 2. The van der Waals surface area contributed by atoms with E-state index in [1.165, 1.54) is 0 Å². The van der Waals surface area contributed by atoms with E-state index in [0.29, 0.717) is 23.6 Å². The lowest BCUT2D eigenvalue weighted by atomic mass is 9.94. The van der Waals surface area contributed by atoms with E-state index in [1.54, 1.807) is 12.1 Å². The highest BCUT2D eigenvalue weighted by atomic mass is 16.2. The van der Waals surface area contributed by atoms with Crippen LogP contribution < -0.4 is 10.6 Å². The summed E-state index contributed by atoms with van der Waals surface area (Å²) in [5, 5.41) is 14.4. The number of fused-ring (bicyclic) bond motifs is 2. The number of likely N-dealkylation sites (tertiary alicyclic amines) is 1. The average Bonchev–Trinajstić information content (AvgIpc) is 3.40. The SMILES string of the molecule is O=C1CCC(N2C(=O)c3cccc(CN4CCC(c5nnc6n5CCNC6)CC4)c3C2=O)C(=O)N1. The minimum atomic E-state index is -0.951. The minimum Gasteiger partial charge on any atom is -0.312 e. The van der Waals surface area contributed by atoms with Crippen LogP contribution in [0.1, 0.15) is 69.5 Å². The second kappa shape index (κ2) is 8.65. The Kier molecular flexibility index (Phi) is 5.45. The molecule has 2 aromatic rings. The van der Waals surface area contributed by atoms with Gasteiger partial charge in [-0.3, -0.25) is 34.3 Å². The topological polar surface area (TPSA) is 130 Å². The van der Waals surface area contributed by atoms with Crippen LogP contribution in [0.25, 0.3) is 0 Å². The number of benzene rings is 1. The number of nitrogens with zero attached hydrogens (tertiary/aromatic N) is 5. The molecule has 11 heteroatoms. The second-order valence-corrected chi connectivity index (χ2v) is 9.64. The minimum absolute atomic E-state index is 0.109. The van der Waals surface area contributed by atoms with Gasteiger partial charge in [-0.25, -0.2) is 0 Å². The lowest BCUT2D eigenvalue weighted by Gasteiger charge is -2.32. The lowest BCUT2D eigenvalue weighted by Crippen LogP contribution is -2.54. The summed E-state index contributed by atoms with van der Waals surface area (Å²) in [5.74, 6) is 0.541. The summed E-state index contributed by atoms with van der Waals surface area (Å²) in [7, 11) is 0. The van der Waals surface area contributed by atoms with Gasteiger partial charge in [0.1, 0.15) is 17.7 Å². The van der Waals surface area contributed by atoms with Crippen molar-refractivity contribution in [3.05, 3.63) is 46.5 Å². The fourth-order valence-electron chi connectivity index (χ4n) is 5.72. The molecule has 35 heavy (non-hydrogen) atoms. The molecule has 4 aliphatic heterocycles. The van der Waals surface area contributed by atoms with Gasteiger partial charge in [-0.05, 0) is 44.0 Å². The van der Waals surface area contributed by atoms with E-state index < -0.39 is 23.8 Å². The van der Waals surface area contributed by atoms with E-state index in [9.17, 15) is 19.2 Å². The van der Waals surface area contributed by atoms with Crippen LogP contribution >= 0.6 is 0 Å². The third-order valence-corrected chi connectivity index (χ3v) is 7.55. The van der Waals surface area contributed by atoms with Crippen LogP contribution in [0.2, 0.25) is 0 Å². The van der Waals surface area contributed by atoms with Crippen molar-refractivity contribution in [1.29, 1.82) is 0 Å². The fourth-order valence-corrected chi connectivity index (χ4v) is 5.72. The van der Waals surface area contributed by atoms with Gasteiger partial charge in [0.15, 0.2) is 0 Å². The van der Waals surface area contributed by atoms with E-state index >= 15 is 0 Å². The monoisotopic (exact) mass is 477 g/mol. The molecule has 4 amide bonds. The number of imide groups is 2. The van der Waals surface area contributed by atoms with Crippen molar-refractivity contribution >= 4 is 23.6 Å². The summed E-state index contributed by atoms with van der Waals surface area (Å²) >= 11 is 0. The van der Waals surface area contributed by atoms with Crippen LogP contribution in [0.3, 0.4) is 0 Å². The van der Waals surface area contributed by atoms with Crippen LogP contribution in [-0.4, -0.2) is 73.9 Å². The van der Waals surface area contributed by atoms with Gasteiger partial charge in [0.2, 0.25) is 11.8 Å². The largest absolute Gasteiger partial charge is 0.312 e. The fraction of sp³-hybridized carbons (Fsp3) is 0.500. The molecule has 1 atom stereocenters. The van der Waals surface area contributed by atoms with Gasteiger partial charge in [-0.1, -0.05) is 12.1 Å². The van der Waals surface area contributed by atoms with Crippen molar-refractivity contribution in [2.24, 2.45) is 0 Å². The Labute approximate surface area is 201 Å². The Morgan fingerprint density at radius 2 is 1.80 bits per heavy atom. The first-order valence-electron chi connectivity index (χ1n) is 12.2. The van der Waals surface area contributed by atoms with Crippen molar-refractivity contribution in [1.82, 2.24) is 35.2 Å². The maximum atomic E-state index is 13.3. The van der Waals surface area contributed by atoms with Gasteiger partial charge < -0.3 is 9.88 Å². The number of nitrogens with one attached hydrogen (secondary N) is 2. The summed E-state index contributed by atoms with van der Waals surface area (Å²) < 4.78 is 2.24. The van der Waals surface area contributed by atoms with Crippen LogP contribution in [0.15, 0.2) is 18.2 Å². The highest BCUT2D eigenvalue weighted by Gasteiger charge is 2.45. The van der Waals surface area contributed by atoms with Gasteiger partial charge in [0, 0.05) is 32.0 Å². The molecule has 6 rings (SSSR count). The smallest absolute Gasteiger partial charge is 0.262 e. The molecule has 1 aromatic carbocycles. The van der Waals surface area contributed by atoms with E-state index in [2.05, 4.69) is 30.3 Å². The van der Waals surface area contributed by atoms with Gasteiger partial charge in [0.05, 0.1) is 17.7 Å². The summed E-state index contributed by atoms with van der Waals surface area (Å²) in [4.78, 5) is 53.6. The molecule has 0 aliphatic carbocycles. The average molecular weight is 478 g/mol. The number of rotatable bonds is 4. The van der Waals surface area contributed by atoms with Crippen LogP contribution in [0.5, 0.6) is 0 Å². The van der Waals surface area contributed by atoms with E-state index in [0.717, 1.165) is 67.7 Å². The molecule has 0 saturated carbocycles. The molecule has 4 aliphatic rings. The number of hydrogen-bond acceptors (Lipinski definition) is 8. The highest BCUT2D eigenvalue weighted by Crippen LogP contribution is 2.32. The summed E-state index contributed by atoms with van der Waals surface area (Å²) in [6.07, 6.45) is 2.17. The highest BCUT2D eigenvalue weighted by molar-refractivity contribution is 6.24. The summed E-state index contributed by atoms with van der Waals surface area (Å²) in [5.41, 5.74) is 1.50. The van der Waals surface area contributed by atoms with Crippen molar-refractivity contribution in [3.63, 3.8) is 0 Å². The van der Waals surface area contributed by atoms with Crippen molar-refractivity contribution in [2.45, 2.75) is 57.3 Å². The molecular weight excluding hydrogens is 450 g/mol. The van der Waals surface area contributed by atoms with Gasteiger partial charge in [0.25, 0.3) is 11.8 Å². The molecule has 2 saturated heterocycles. The van der Waals surface area contributed by atoms with Gasteiger partial charge in [-0.2, -0.15) is 0 Å². The van der Waals surface area contributed by atoms with Crippen LogP contribution in [0, 0.1) is 0 Å². The third kappa shape index (κ3) is 3.75. The second-order valence-electron chi connectivity index (χ2n) is 9.64. The lowest BCUT2D eigenvalue weighted by molar-refractivity contribution is -0.136. The standard InChI is InChI=1S/C24H27N7O4/c32-19-5-4-17(22(33)26-19)31-23(34)16-3-1-2-15(20(16)24(31)35)13-29-9-6-14(7-10-29)21-28-27-18-12-25-8-11-30(18)21/h1-3,14,17,25H,4-13H2,(H,26,32,33). The molecule has 2 N–H and O–H groups in total. The zero-order chi connectivity index (χ0) is 24.1. The Bertz CT molecular complexity index is 1230. The molecule has 1 unspecified atom stereocenters. The van der Waals surface area contributed by atoms with Crippen molar-refractivity contribution in [3.8, 4) is 0 Å². The molecular formula is C24H27N7O4. The first-order chi connectivity index (χ1) is 17.0. The van der Waals surface area contributed by atoms with Gasteiger partial charge >= 0.3 is 0 Å². The first-order valence-corrected chi connectivity index (χ1v) is 12.2. The number of piperidine rings is 2. The quantitative estimate of drug-likeness (QED) is 0.596. The van der Waals surface area contributed by atoms with Crippen LogP contribution in [-0.2, 0) is 29.2 Å². The predicted octanol–water partition coefficient (Wildman–Crippen LogP) is 0.162. The number of carbonyl (C=O) groups excluding carboxylic acids is 4. The third-order valence-electron chi connectivity index (χ3n) is 7.55. The molecule has 0 radical (unpaired) electrons. The van der Waals surface area contributed by atoms with Crippen molar-refractivity contribution in [2.75, 3.05) is 19.6 Å². The number of aromatic nitrogens is 3. The van der Waals surface area contributed by atoms with E-state index in [4.69, 9.17) is 0 Å². The summed E-state index contributed by atoms with van der Waals surface area (Å²) in [6.45, 7) is 4.85. The number of carbonyl (C=O) groups is 4. The van der Waals surface area contributed by atoms with Crippen molar-refractivity contribution < 1.29 is 19.2 Å². The maximum Gasteiger partial charge on any atom is 0.262 e. The first kappa shape index (κ1) is 22.1. The Hall–Kier alpha value is -3.44. The molecule has 5 heterocycles. The molecule has 182 valence electrons. The molecule has 1 aromatic heterocycles. The molecule has 11 nitrogen and oxygen atoms in total. The molecule has 0 spiro atoms. The summed E-state index contributed by atoms with van der Waals surface area (Å²) in [6, 6.07) is 4.36.